The predicted molar refractivity (Wildman–Crippen MR) is 102 cm³/mol. The van der Waals surface area contributed by atoms with Crippen LogP contribution >= 0.6 is 11.6 Å². The lowest BCUT2D eigenvalue weighted by Gasteiger charge is -2.11. The lowest BCUT2D eigenvalue weighted by molar-refractivity contribution is 0.402. The van der Waals surface area contributed by atoms with E-state index in [1.165, 1.54) is 24.3 Å². The Balaban J connectivity index is 1.93. The summed E-state index contributed by atoms with van der Waals surface area (Å²) in [5.41, 5.74) is 2.50. The first kappa shape index (κ1) is 19.8. The quantitative estimate of drug-likeness (QED) is 0.690. The Morgan fingerprint density at radius 1 is 1.12 bits per heavy atom. The zero-order valence-electron chi connectivity index (χ0n) is 14.8. The zero-order chi connectivity index (χ0) is 18.4. The summed E-state index contributed by atoms with van der Waals surface area (Å²) in [5, 5.41) is 0.353. The van der Waals surface area contributed by atoms with Crippen LogP contribution in [0, 0.1) is 0 Å². The molecule has 0 saturated heterocycles. The lowest BCUT2D eigenvalue weighted by atomic mass is 10.0. The van der Waals surface area contributed by atoms with Crippen molar-refractivity contribution < 1.29 is 13.2 Å². The molecule has 0 aliphatic rings. The summed E-state index contributed by atoms with van der Waals surface area (Å²) in [5.74, 6) is 0.787. The first-order chi connectivity index (χ1) is 11.8. The van der Waals surface area contributed by atoms with Gasteiger partial charge in [0.15, 0.2) is 0 Å². The average molecular weight is 382 g/mol. The molecule has 0 radical (unpaired) electrons. The van der Waals surface area contributed by atoms with E-state index in [1.54, 1.807) is 12.1 Å². The summed E-state index contributed by atoms with van der Waals surface area (Å²) in [7, 11) is -2.22. The van der Waals surface area contributed by atoms with Gasteiger partial charge in [0.05, 0.1) is 7.11 Å². The molecule has 4 nitrogen and oxygen atoms in total. The maximum absolute atomic E-state index is 12.4. The molecule has 25 heavy (non-hydrogen) atoms. The minimum absolute atomic E-state index is 0.0591. The van der Waals surface area contributed by atoms with Crippen LogP contribution in [0.2, 0.25) is 5.02 Å². The van der Waals surface area contributed by atoms with Crippen molar-refractivity contribution in [2.45, 2.75) is 37.5 Å². The number of aryl methyl sites for hydroxylation is 1. The predicted octanol–water partition coefficient (Wildman–Crippen LogP) is 4.38. The second-order valence-electron chi connectivity index (χ2n) is 6.19. The Kier molecular flexibility index (Phi) is 6.87. The number of halogens is 1. The van der Waals surface area contributed by atoms with Gasteiger partial charge in [0.2, 0.25) is 10.0 Å². The third-order valence-corrected chi connectivity index (χ3v) is 5.71. The van der Waals surface area contributed by atoms with Crippen LogP contribution < -0.4 is 9.46 Å². The van der Waals surface area contributed by atoms with Crippen LogP contribution in [0.1, 0.15) is 37.3 Å². The second-order valence-corrected chi connectivity index (χ2v) is 8.36. The molecule has 0 unspecified atom stereocenters. The molecule has 2 aromatic rings. The van der Waals surface area contributed by atoms with E-state index in [1.807, 2.05) is 0 Å². The number of benzene rings is 2. The van der Waals surface area contributed by atoms with Crippen molar-refractivity contribution >= 4 is 21.6 Å². The van der Waals surface area contributed by atoms with Crippen molar-refractivity contribution in [2.75, 3.05) is 13.7 Å². The van der Waals surface area contributed by atoms with Crippen LogP contribution in [0.5, 0.6) is 5.75 Å². The molecular weight excluding hydrogens is 358 g/mol. The van der Waals surface area contributed by atoms with E-state index in [2.05, 4.69) is 42.8 Å². The highest BCUT2D eigenvalue weighted by atomic mass is 35.5. The van der Waals surface area contributed by atoms with Crippen LogP contribution in [0.25, 0.3) is 0 Å². The fourth-order valence-electron chi connectivity index (χ4n) is 2.51. The molecule has 136 valence electrons. The van der Waals surface area contributed by atoms with Crippen molar-refractivity contribution in [1.29, 1.82) is 0 Å². The number of sulfonamides is 1. The highest BCUT2D eigenvalue weighted by Gasteiger charge is 2.19. The van der Waals surface area contributed by atoms with Crippen molar-refractivity contribution in [2.24, 2.45) is 0 Å². The summed E-state index contributed by atoms with van der Waals surface area (Å²) in [4.78, 5) is 0.0591. The molecule has 0 bridgehead atoms. The third-order valence-electron chi connectivity index (χ3n) is 4.00. The van der Waals surface area contributed by atoms with Gasteiger partial charge in [-0.3, -0.25) is 0 Å². The zero-order valence-corrected chi connectivity index (χ0v) is 16.3. The van der Waals surface area contributed by atoms with Crippen LogP contribution in [0.4, 0.5) is 0 Å². The van der Waals surface area contributed by atoms with E-state index >= 15 is 0 Å². The van der Waals surface area contributed by atoms with Crippen LogP contribution in [0.3, 0.4) is 0 Å². The van der Waals surface area contributed by atoms with E-state index < -0.39 is 10.0 Å². The summed E-state index contributed by atoms with van der Waals surface area (Å²) >= 11 is 5.91. The average Bonchev–Trinajstić information content (AvgIpc) is 2.59. The summed E-state index contributed by atoms with van der Waals surface area (Å²) in [6, 6.07) is 13.0. The van der Waals surface area contributed by atoms with Crippen molar-refractivity contribution in [3.8, 4) is 5.75 Å². The van der Waals surface area contributed by atoms with E-state index in [-0.39, 0.29) is 10.6 Å². The van der Waals surface area contributed by atoms with Crippen molar-refractivity contribution in [3.05, 3.63) is 58.6 Å². The monoisotopic (exact) mass is 381 g/mol. The number of methoxy groups -OCH3 is 1. The van der Waals surface area contributed by atoms with Gasteiger partial charge < -0.3 is 4.74 Å². The van der Waals surface area contributed by atoms with E-state index in [0.717, 1.165) is 6.42 Å². The van der Waals surface area contributed by atoms with E-state index in [4.69, 9.17) is 16.3 Å². The molecule has 0 aliphatic carbocycles. The highest BCUT2D eigenvalue weighted by molar-refractivity contribution is 7.89. The fourth-order valence-corrected chi connectivity index (χ4v) is 4.01. The molecule has 0 spiro atoms. The van der Waals surface area contributed by atoms with Crippen LogP contribution in [0.15, 0.2) is 47.4 Å². The van der Waals surface area contributed by atoms with E-state index in [0.29, 0.717) is 23.9 Å². The molecule has 0 fully saturated rings. The van der Waals surface area contributed by atoms with E-state index in [9.17, 15) is 8.42 Å². The first-order valence-electron chi connectivity index (χ1n) is 8.25. The van der Waals surface area contributed by atoms with Gasteiger partial charge in [0, 0.05) is 11.6 Å². The molecular formula is C19H24ClNO3S. The molecule has 0 amide bonds. The normalized spacial score (nSPS) is 11.7. The van der Waals surface area contributed by atoms with Gasteiger partial charge in [-0.15, -0.1) is 0 Å². The Morgan fingerprint density at radius 2 is 1.80 bits per heavy atom. The largest absolute Gasteiger partial charge is 0.495 e. The molecule has 2 rings (SSSR count). The molecule has 0 aromatic heterocycles. The maximum Gasteiger partial charge on any atom is 0.244 e. The topological polar surface area (TPSA) is 55.4 Å². The van der Waals surface area contributed by atoms with Gasteiger partial charge in [-0.1, -0.05) is 49.7 Å². The first-order valence-corrected chi connectivity index (χ1v) is 10.1. The van der Waals surface area contributed by atoms with Gasteiger partial charge in [-0.25, -0.2) is 13.1 Å². The standard InChI is InChI=1S/C19H24ClNO3S/c1-14(2)16-8-6-15(7-9-16)5-4-12-21-25(22,23)19-13-17(20)10-11-18(19)24-3/h6-11,13-14,21H,4-5,12H2,1-3H3. The highest BCUT2D eigenvalue weighted by Crippen LogP contribution is 2.26. The van der Waals surface area contributed by atoms with Gasteiger partial charge >= 0.3 is 0 Å². The SMILES string of the molecule is COc1ccc(Cl)cc1S(=O)(=O)NCCCc1ccc(C(C)C)cc1. The van der Waals surface area contributed by atoms with Gasteiger partial charge in [-0.05, 0) is 48.1 Å². The van der Waals surface area contributed by atoms with Gasteiger partial charge in [-0.2, -0.15) is 0 Å². The lowest BCUT2D eigenvalue weighted by Crippen LogP contribution is -2.25. The Morgan fingerprint density at radius 3 is 2.40 bits per heavy atom. The van der Waals surface area contributed by atoms with Gasteiger partial charge in [0.25, 0.3) is 0 Å². The number of hydrogen-bond donors (Lipinski definition) is 1. The minimum Gasteiger partial charge on any atom is -0.495 e. The minimum atomic E-state index is -3.66. The number of rotatable bonds is 8. The van der Waals surface area contributed by atoms with Crippen LogP contribution in [-0.4, -0.2) is 22.1 Å². The molecule has 0 aliphatic heterocycles. The Hall–Kier alpha value is -1.56. The summed E-state index contributed by atoms with van der Waals surface area (Å²) in [6.07, 6.45) is 1.52. The summed E-state index contributed by atoms with van der Waals surface area (Å²) in [6.45, 7) is 4.67. The Bertz CT molecular complexity index is 802. The number of hydrogen-bond acceptors (Lipinski definition) is 3. The van der Waals surface area contributed by atoms with Crippen LogP contribution in [-0.2, 0) is 16.4 Å². The second kappa shape index (κ2) is 8.70. The number of nitrogens with one attached hydrogen (secondary N) is 1. The summed E-state index contributed by atoms with van der Waals surface area (Å²) < 4.78 is 32.6. The molecule has 0 saturated carbocycles. The van der Waals surface area contributed by atoms with Gasteiger partial charge in [0.1, 0.15) is 10.6 Å². The molecule has 6 heteroatoms. The fraction of sp³-hybridized carbons (Fsp3) is 0.368. The molecule has 0 heterocycles. The molecule has 2 aromatic carbocycles. The molecule has 0 atom stereocenters. The smallest absolute Gasteiger partial charge is 0.244 e. The Labute approximate surface area is 155 Å². The maximum atomic E-state index is 12.4. The van der Waals surface area contributed by atoms with Crippen molar-refractivity contribution in [3.63, 3.8) is 0 Å². The molecule has 1 N–H and O–H groups in total. The van der Waals surface area contributed by atoms with Crippen molar-refractivity contribution in [1.82, 2.24) is 4.72 Å². The third kappa shape index (κ3) is 5.46. The number of ether oxygens (including phenoxy) is 1.